The minimum absolute atomic E-state index is 0.284. The molecule has 1 saturated heterocycles. The number of rotatable bonds is 6. The van der Waals surface area contributed by atoms with Gasteiger partial charge in [0.15, 0.2) is 0 Å². The lowest BCUT2D eigenvalue weighted by molar-refractivity contribution is -0.142. The van der Waals surface area contributed by atoms with E-state index in [-0.39, 0.29) is 6.42 Å². The molecule has 1 aliphatic heterocycles. The first kappa shape index (κ1) is 15.9. The third-order valence-corrected chi connectivity index (χ3v) is 2.96. The van der Waals surface area contributed by atoms with Crippen molar-refractivity contribution in [2.24, 2.45) is 0 Å². The van der Waals surface area contributed by atoms with Crippen LogP contribution in [0, 0.1) is 0 Å². The lowest BCUT2D eigenvalue weighted by Crippen LogP contribution is -2.47. The first-order chi connectivity index (χ1) is 9.19. The van der Waals surface area contributed by atoms with Gasteiger partial charge in [-0.15, -0.1) is 0 Å². The Bertz CT molecular complexity index is 446. The molecule has 4 amide bonds. The highest BCUT2D eigenvalue weighted by Crippen LogP contribution is 2.15. The van der Waals surface area contributed by atoms with E-state index in [0.29, 0.717) is 6.42 Å². The summed E-state index contributed by atoms with van der Waals surface area (Å²) < 4.78 is 0. The molecular weight excluding hydrogens is 266 g/mol. The smallest absolute Gasteiger partial charge is 0.326 e. The van der Waals surface area contributed by atoms with E-state index in [9.17, 15) is 19.2 Å². The summed E-state index contributed by atoms with van der Waals surface area (Å²) in [6.45, 7) is 4.37. The van der Waals surface area contributed by atoms with Crippen LogP contribution in [0.1, 0.15) is 33.6 Å². The van der Waals surface area contributed by atoms with Crippen LogP contribution in [-0.2, 0) is 14.4 Å². The van der Waals surface area contributed by atoms with E-state index in [0.717, 1.165) is 4.90 Å². The molecule has 0 aromatic carbocycles. The van der Waals surface area contributed by atoms with Crippen LogP contribution in [-0.4, -0.2) is 51.9 Å². The topological polar surface area (TPSA) is 116 Å². The van der Waals surface area contributed by atoms with Crippen molar-refractivity contribution >= 4 is 23.8 Å². The summed E-state index contributed by atoms with van der Waals surface area (Å²) in [5.74, 6) is -2.33. The minimum Gasteiger partial charge on any atom is -0.480 e. The van der Waals surface area contributed by atoms with Crippen LogP contribution in [0.25, 0.3) is 0 Å². The van der Waals surface area contributed by atoms with E-state index in [1.165, 1.54) is 13.8 Å². The fourth-order valence-corrected chi connectivity index (χ4v) is 1.89. The number of carbonyl (C=O) groups excluding carboxylic acids is 3. The van der Waals surface area contributed by atoms with E-state index in [1.807, 2.05) is 0 Å². The Morgan fingerprint density at radius 3 is 2.40 bits per heavy atom. The third kappa shape index (κ3) is 3.46. The van der Waals surface area contributed by atoms with Gasteiger partial charge in [-0.25, -0.2) is 9.59 Å². The largest absolute Gasteiger partial charge is 0.480 e. The quantitative estimate of drug-likeness (QED) is 0.579. The Morgan fingerprint density at radius 1 is 1.40 bits per heavy atom. The zero-order valence-electron chi connectivity index (χ0n) is 11.7. The Hall–Kier alpha value is -2.12. The van der Waals surface area contributed by atoms with Crippen LogP contribution in [0.4, 0.5) is 4.79 Å². The second kappa shape index (κ2) is 5.89. The molecule has 8 heteroatoms. The van der Waals surface area contributed by atoms with Crippen molar-refractivity contribution < 1.29 is 24.3 Å². The van der Waals surface area contributed by atoms with Crippen molar-refractivity contribution in [3.8, 4) is 0 Å². The lowest BCUT2D eigenvalue weighted by Gasteiger charge is -2.17. The number of hydrogen-bond acceptors (Lipinski definition) is 4. The molecule has 1 heterocycles. The Balaban J connectivity index is 2.65. The predicted octanol–water partition coefficient (Wildman–Crippen LogP) is -0.314. The van der Waals surface area contributed by atoms with Gasteiger partial charge in [-0.2, -0.15) is 0 Å². The number of amides is 4. The van der Waals surface area contributed by atoms with Gasteiger partial charge in [0.05, 0.1) is 0 Å². The maximum atomic E-state index is 11.9. The molecule has 0 aromatic heterocycles. The van der Waals surface area contributed by atoms with E-state index in [2.05, 4.69) is 10.6 Å². The highest BCUT2D eigenvalue weighted by Gasteiger charge is 2.45. The standard InChI is InChI=1S/C12H19N3O5/c1-4-5-7(9(17)18)13-8(16)6-15-10(19)12(2,3)14-11(15)20/h7H,4-6H2,1-3H3,(H,13,16)(H,14,20)(H,17,18)/t7-/m0/s1. The van der Waals surface area contributed by atoms with Crippen LogP contribution in [0.15, 0.2) is 0 Å². The van der Waals surface area contributed by atoms with Gasteiger partial charge in [0, 0.05) is 0 Å². The average molecular weight is 285 g/mol. The van der Waals surface area contributed by atoms with E-state index in [4.69, 9.17) is 5.11 Å². The monoisotopic (exact) mass is 285 g/mol. The highest BCUT2D eigenvalue weighted by molar-refractivity contribution is 6.08. The van der Waals surface area contributed by atoms with Gasteiger partial charge in [0.1, 0.15) is 18.1 Å². The Kier molecular flexibility index (Phi) is 4.69. The SMILES string of the molecule is CCC[C@H](NC(=O)CN1C(=O)NC(C)(C)C1=O)C(=O)O. The van der Waals surface area contributed by atoms with Crippen LogP contribution in [0.3, 0.4) is 0 Å². The molecule has 0 unspecified atom stereocenters. The number of aliphatic carboxylic acids is 1. The second-order valence-electron chi connectivity index (χ2n) is 5.19. The van der Waals surface area contributed by atoms with Crippen LogP contribution in [0.2, 0.25) is 0 Å². The second-order valence-corrected chi connectivity index (χ2v) is 5.19. The normalized spacial score (nSPS) is 18.6. The molecule has 20 heavy (non-hydrogen) atoms. The molecule has 1 atom stereocenters. The molecule has 0 aliphatic carbocycles. The van der Waals surface area contributed by atoms with Gasteiger partial charge in [-0.1, -0.05) is 13.3 Å². The van der Waals surface area contributed by atoms with Crippen LogP contribution >= 0.6 is 0 Å². The van der Waals surface area contributed by atoms with Gasteiger partial charge < -0.3 is 15.7 Å². The van der Waals surface area contributed by atoms with Crippen molar-refractivity contribution in [3.63, 3.8) is 0 Å². The molecule has 0 radical (unpaired) electrons. The number of carbonyl (C=O) groups is 4. The number of nitrogens with zero attached hydrogens (tertiary/aromatic N) is 1. The van der Waals surface area contributed by atoms with Crippen molar-refractivity contribution in [3.05, 3.63) is 0 Å². The number of hydrogen-bond donors (Lipinski definition) is 3. The molecule has 0 bridgehead atoms. The summed E-state index contributed by atoms with van der Waals surface area (Å²) in [4.78, 5) is 46.9. The van der Waals surface area contributed by atoms with Crippen molar-refractivity contribution in [1.29, 1.82) is 0 Å². The maximum Gasteiger partial charge on any atom is 0.326 e. The van der Waals surface area contributed by atoms with E-state index >= 15 is 0 Å². The lowest BCUT2D eigenvalue weighted by atomic mass is 10.1. The molecule has 3 N–H and O–H groups in total. The third-order valence-electron chi connectivity index (χ3n) is 2.96. The predicted molar refractivity (Wildman–Crippen MR) is 68.8 cm³/mol. The number of nitrogens with one attached hydrogen (secondary N) is 2. The number of imide groups is 1. The minimum atomic E-state index is -1.14. The molecule has 0 spiro atoms. The van der Waals surface area contributed by atoms with Crippen molar-refractivity contribution in [2.45, 2.75) is 45.2 Å². The van der Waals surface area contributed by atoms with Crippen LogP contribution in [0.5, 0.6) is 0 Å². The summed E-state index contributed by atoms with van der Waals surface area (Å²) in [6.07, 6.45) is 0.875. The van der Waals surface area contributed by atoms with Crippen LogP contribution < -0.4 is 10.6 Å². The number of urea groups is 1. The van der Waals surface area contributed by atoms with Crippen molar-refractivity contribution in [2.75, 3.05) is 6.54 Å². The highest BCUT2D eigenvalue weighted by atomic mass is 16.4. The summed E-state index contributed by atoms with van der Waals surface area (Å²) in [6, 6.07) is -1.67. The van der Waals surface area contributed by atoms with E-state index in [1.54, 1.807) is 6.92 Å². The molecule has 1 fully saturated rings. The zero-order valence-corrected chi connectivity index (χ0v) is 11.7. The van der Waals surface area contributed by atoms with Gasteiger partial charge >= 0.3 is 12.0 Å². The fraction of sp³-hybridized carbons (Fsp3) is 0.667. The number of carboxylic acids is 1. The fourth-order valence-electron chi connectivity index (χ4n) is 1.89. The summed E-state index contributed by atoms with van der Waals surface area (Å²) >= 11 is 0. The molecule has 112 valence electrons. The maximum absolute atomic E-state index is 11.9. The summed E-state index contributed by atoms with van der Waals surface area (Å²) in [5, 5.41) is 13.7. The molecule has 1 aliphatic rings. The summed E-state index contributed by atoms with van der Waals surface area (Å²) in [7, 11) is 0. The molecule has 1 rings (SSSR count). The van der Waals surface area contributed by atoms with Crippen molar-refractivity contribution in [1.82, 2.24) is 15.5 Å². The molecular formula is C12H19N3O5. The van der Waals surface area contributed by atoms with Gasteiger partial charge in [0.2, 0.25) is 5.91 Å². The zero-order chi connectivity index (χ0) is 15.5. The Labute approximate surface area is 116 Å². The van der Waals surface area contributed by atoms with Gasteiger partial charge in [-0.05, 0) is 20.3 Å². The van der Waals surface area contributed by atoms with Gasteiger partial charge in [-0.3, -0.25) is 14.5 Å². The first-order valence-electron chi connectivity index (χ1n) is 6.35. The number of carboxylic acid groups (broad SMARTS) is 1. The van der Waals surface area contributed by atoms with Gasteiger partial charge in [0.25, 0.3) is 5.91 Å². The Morgan fingerprint density at radius 2 is 2.00 bits per heavy atom. The average Bonchev–Trinajstić information content (AvgIpc) is 2.51. The van der Waals surface area contributed by atoms with E-state index < -0.39 is 41.9 Å². The molecule has 0 saturated carbocycles. The molecule has 0 aromatic rings. The molecule has 8 nitrogen and oxygen atoms in total. The summed E-state index contributed by atoms with van der Waals surface area (Å²) in [5.41, 5.74) is -1.05. The first-order valence-corrected chi connectivity index (χ1v) is 6.35.